The van der Waals surface area contributed by atoms with Crippen molar-refractivity contribution in [3.8, 4) is 34.7 Å². The van der Waals surface area contributed by atoms with Crippen molar-refractivity contribution in [3.05, 3.63) is 166 Å². The minimum absolute atomic E-state index is 0.00778. The molecule has 7 N–H and O–H groups in total. The van der Waals surface area contributed by atoms with Crippen LogP contribution in [-0.2, 0) is 27.2 Å². The average Bonchev–Trinajstić information content (AvgIpc) is 4.25. The Morgan fingerprint density at radius 3 is 1.52 bits per heavy atom. The van der Waals surface area contributed by atoms with E-state index in [1.54, 1.807) is 97.3 Å². The third-order valence-corrected chi connectivity index (χ3v) is 13.9. The summed E-state index contributed by atoms with van der Waals surface area (Å²) in [5, 5.41) is 34.2. The van der Waals surface area contributed by atoms with Crippen molar-refractivity contribution in [1.82, 2.24) is 35.7 Å². The Morgan fingerprint density at radius 1 is 0.627 bits per heavy atom. The zero-order valence-electron chi connectivity index (χ0n) is 47.0. The Bertz CT molecular complexity index is 3340. The van der Waals surface area contributed by atoms with Gasteiger partial charge in [0.15, 0.2) is 0 Å². The fourth-order valence-corrected chi connectivity index (χ4v) is 9.75. The van der Waals surface area contributed by atoms with E-state index in [2.05, 4.69) is 38.7 Å². The molecule has 0 aliphatic carbocycles. The van der Waals surface area contributed by atoms with Gasteiger partial charge in [-0.3, -0.25) is 19.2 Å². The molecule has 2 aliphatic rings. The molecule has 8 rings (SSSR count). The van der Waals surface area contributed by atoms with Crippen LogP contribution < -0.4 is 32.3 Å². The Balaban J connectivity index is 0.000000242. The summed E-state index contributed by atoms with van der Waals surface area (Å²) in [5.74, 6) is -0.506. The highest BCUT2D eigenvalue weighted by atomic mass is 19.1. The van der Waals surface area contributed by atoms with Gasteiger partial charge in [0.1, 0.15) is 28.9 Å². The van der Waals surface area contributed by atoms with Gasteiger partial charge in [-0.05, 0) is 138 Å². The lowest BCUT2D eigenvalue weighted by Gasteiger charge is -2.25. The molecule has 0 bridgehead atoms. The number of hydrogen-bond donors (Lipinski definition) is 6. The molecule has 18 nitrogen and oxygen atoms in total. The second-order valence-electron chi connectivity index (χ2n) is 21.0. The number of likely N-dealkylation sites (tertiary alicyclic amines) is 2. The number of ether oxygens (including phenoxy) is 1. The van der Waals surface area contributed by atoms with E-state index < -0.39 is 11.7 Å². The second-order valence-corrected chi connectivity index (χ2v) is 21.0. The predicted octanol–water partition coefficient (Wildman–Crippen LogP) is 8.53. The van der Waals surface area contributed by atoms with Gasteiger partial charge in [-0.2, -0.15) is 10.5 Å². The van der Waals surface area contributed by atoms with Crippen LogP contribution in [0.25, 0.3) is 22.5 Å². The van der Waals surface area contributed by atoms with E-state index in [1.807, 2.05) is 30.3 Å². The number of pyridine rings is 2. The Morgan fingerprint density at radius 2 is 1.08 bits per heavy atom. The lowest BCUT2D eigenvalue weighted by molar-refractivity contribution is -0.129. The van der Waals surface area contributed by atoms with Crippen molar-refractivity contribution < 1.29 is 37.5 Å². The number of benzene rings is 4. The molecule has 2 aromatic heterocycles. The molecule has 20 heteroatoms. The van der Waals surface area contributed by atoms with E-state index in [-0.39, 0.29) is 53.9 Å². The summed E-state index contributed by atoms with van der Waals surface area (Å²) in [6.45, 7) is 8.65. The van der Waals surface area contributed by atoms with Crippen molar-refractivity contribution in [3.63, 3.8) is 0 Å². The van der Waals surface area contributed by atoms with E-state index in [9.17, 15) is 43.3 Å². The lowest BCUT2D eigenvalue weighted by Crippen LogP contribution is -2.43. The zero-order chi connectivity index (χ0) is 59.3. The van der Waals surface area contributed by atoms with Gasteiger partial charge in [-0.15, -0.1) is 0 Å². The SMILES string of the molecule is CC(C)(C)OC(=O)NCCCN1C(=O)CC[C@@H]1CNC(=O)c1ccc(-c2ccccc2C#N)nc1NCCc1cccc(F)c1.N#Cc1ccccc1-c1ccc(C(=O)NC[C@H]2CCC(=O)N2CCCN)c(NCCc2cccc(F)c2)n1. The van der Waals surface area contributed by atoms with Crippen LogP contribution in [0.3, 0.4) is 0 Å². The van der Waals surface area contributed by atoms with Crippen molar-refractivity contribution in [1.29, 1.82) is 10.5 Å². The highest BCUT2D eigenvalue weighted by Crippen LogP contribution is 2.28. The zero-order valence-corrected chi connectivity index (χ0v) is 47.0. The number of hydrogen-bond acceptors (Lipinski definition) is 13. The van der Waals surface area contributed by atoms with E-state index in [1.165, 1.54) is 24.3 Å². The summed E-state index contributed by atoms with van der Waals surface area (Å²) in [5.41, 5.74) is 10.6. The Labute approximate surface area is 482 Å². The van der Waals surface area contributed by atoms with Crippen LogP contribution >= 0.6 is 0 Å². The van der Waals surface area contributed by atoms with E-state index in [0.717, 1.165) is 11.1 Å². The number of nitrogens with two attached hydrogens (primary N) is 1. The topological polar surface area (TPSA) is 261 Å². The summed E-state index contributed by atoms with van der Waals surface area (Å²) < 4.78 is 32.5. The van der Waals surface area contributed by atoms with Crippen LogP contribution in [0, 0.1) is 34.3 Å². The maximum atomic E-state index is 13.7. The first kappa shape index (κ1) is 61.4. The van der Waals surface area contributed by atoms with E-state index >= 15 is 0 Å². The van der Waals surface area contributed by atoms with Gasteiger partial charge >= 0.3 is 6.09 Å². The standard InChI is InChI=1S/C34H39FN6O4.C29H31FN6O2/c1-34(2,3)45-33(44)38-17-7-19-41-26(12-15-30(41)42)22-39-32(43)28-13-14-29(27-11-5-4-9-24(27)21-36)40-31(28)37-18-16-23-8-6-10-25(35)20-23;30-22-7-3-5-20(17-22)13-15-33-28-25(10-11-26(35-28)24-8-2-1-6-21(24)18-32)29(38)34-19-23-9-12-27(37)36(23)16-4-14-31/h4-6,8-11,13-14,20,26H,7,12,15-19,22H2,1-3H3,(H,37,40)(H,38,44)(H,39,43);1-3,5-8,10-11,17,23H,4,9,12-16,19,31H2,(H,33,35)(H,34,38)/t26-;23-/m11/s1. The van der Waals surface area contributed by atoms with Gasteiger partial charge in [-0.1, -0.05) is 60.7 Å². The molecule has 6 aromatic rings. The molecule has 2 saturated heterocycles. The number of halogens is 2. The van der Waals surface area contributed by atoms with Crippen LogP contribution in [0.2, 0.25) is 0 Å². The normalized spacial score (nSPS) is 14.7. The van der Waals surface area contributed by atoms with Gasteiger partial charge in [0, 0.05) is 81.9 Å². The molecule has 4 aromatic carbocycles. The number of amides is 5. The Hall–Kier alpha value is -9.27. The van der Waals surface area contributed by atoms with Crippen LogP contribution in [0.4, 0.5) is 25.2 Å². The Kier molecular flexibility index (Phi) is 22.2. The highest BCUT2D eigenvalue weighted by molar-refractivity contribution is 6.00. The van der Waals surface area contributed by atoms with Crippen LogP contribution in [0.1, 0.15) is 102 Å². The van der Waals surface area contributed by atoms with E-state index in [0.29, 0.717) is 154 Å². The van der Waals surface area contributed by atoms with Crippen LogP contribution in [0.5, 0.6) is 0 Å². The third kappa shape index (κ3) is 17.9. The molecule has 4 heterocycles. The monoisotopic (exact) mass is 1130 g/mol. The number of anilines is 2. The summed E-state index contributed by atoms with van der Waals surface area (Å²) in [4.78, 5) is 76.4. The summed E-state index contributed by atoms with van der Waals surface area (Å²) in [6.07, 6.45) is 3.93. The molecule has 0 spiro atoms. The molecule has 2 atom stereocenters. The molecule has 83 heavy (non-hydrogen) atoms. The highest BCUT2D eigenvalue weighted by Gasteiger charge is 2.32. The number of nitrogens with one attached hydrogen (secondary N) is 5. The fraction of sp³-hybridized carbons (Fsp3) is 0.349. The van der Waals surface area contributed by atoms with Gasteiger partial charge in [0.2, 0.25) is 11.8 Å². The minimum Gasteiger partial charge on any atom is -0.444 e. The smallest absolute Gasteiger partial charge is 0.407 e. The first-order chi connectivity index (χ1) is 40.0. The number of rotatable bonds is 23. The number of nitrogens with zero attached hydrogens (tertiary/aromatic N) is 6. The first-order valence-electron chi connectivity index (χ1n) is 27.8. The molecule has 0 unspecified atom stereocenters. The number of alkyl carbamates (subject to hydrolysis) is 1. The molecule has 5 amide bonds. The molecule has 0 radical (unpaired) electrons. The number of aromatic nitrogens is 2. The number of carbonyl (C=O) groups excluding carboxylic acids is 5. The molecular formula is C63H70F2N12O6. The molecule has 432 valence electrons. The summed E-state index contributed by atoms with van der Waals surface area (Å²) in [7, 11) is 0. The molecular weight excluding hydrogens is 1060 g/mol. The summed E-state index contributed by atoms with van der Waals surface area (Å²) >= 11 is 0. The van der Waals surface area contributed by atoms with Gasteiger partial charge in [0.25, 0.3) is 11.8 Å². The largest absolute Gasteiger partial charge is 0.444 e. The van der Waals surface area contributed by atoms with Crippen molar-refractivity contribution in [2.75, 3.05) is 63.0 Å². The van der Waals surface area contributed by atoms with Crippen molar-refractivity contribution in [2.24, 2.45) is 5.73 Å². The predicted molar refractivity (Wildman–Crippen MR) is 313 cm³/mol. The molecule has 2 aliphatic heterocycles. The molecule has 2 fully saturated rings. The average molecular weight is 1130 g/mol. The van der Waals surface area contributed by atoms with Gasteiger partial charge in [0.05, 0.1) is 45.8 Å². The summed E-state index contributed by atoms with van der Waals surface area (Å²) in [6, 6.07) is 37.8. The van der Waals surface area contributed by atoms with Crippen LogP contribution in [-0.4, -0.2) is 120 Å². The second kappa shape index (κ2) is 30.0. The van der Waals surface area contributed by atoms with Crippen molar-refractivity contribution in [2.45, 2.75) is 89.8 Å². The maximum absolute atomic E-state index is 13.7. The number of carbonyl (C=O) groups is 5. The van der Waals surface area contributed by atoms with Gasteiger partial charge < -0.3 is 46.9 Å². The fourth-order valence-electron chi connectivity index (χ4n) is 9.75. The molecule has 0 saturated carbocycles. The number of nitriles is 2. The van der Waals surface area contributed by atoms with Crippen molar-refractivity contribution >= 4 is 41.4 Å². The minimum atomic E-state index is -0.591. The quantitative estimate of drug-likeness (QED) is 0.0329. The maximum Gasteiger partial charge on any atom is 0.407 e. The van der Waals surface area contributed by atoms with E-state index in [4.69, 9.17) is 20.4 Å². The van der Waals surface area contributed by atoms with Crippen LogP contribution in [0.15, 0.2) is 121 Å². The third-order valence-electron chi connectivity index (χ3n) is 13.9. The first-order valence-corrected chi connectivity index (χ1v) is 27.8. The van der Waals surface area contributed by atoms with Gasteiger partial charge in [-0.25, -0.2) is 23.5 Å². The lowest BCUT2D eigenvalue weighted by atomic mass is 10.0.